The van der Waals surface area contributed by atoms with E-state index in [4.69, 9.17) is 9.84 Å². The molecule has 0 unspecified atom stereocenters. The third-order valence-electron chi connectivity index (χ3n) is 2.56. The normalized spacial score (nSPS) is 10.1. The van der Waals surface area contributed by atoms with Crippen LogP contribution in [0.15, 0.2) is 36.5 Å². The van der Waals surface area contributed by atoms with Crippen molar-refractivity contribution in [3.05, 3.63) is 63.7 Å². The van der Waals surface area contributed by atoms with Gasteiger partial charge in [-0.05, 0) is 23.8 Å². The van der Waals surface area contributed by atoms with Crippen LogP contribution in [-0.2, 0) is 6.61 Å². The van der Waals surface area contributed by atoms with Gasteiger partial charge in [-0.3, -0.25) is 10.1 Å². The zero-order valence-corrected chi connectivity index (χ0v) is 10.5. The number of carbonyl (C=O) groups is 1. The summed E-state index contributed by atoms with van der Waals surface area (Å²) in [6.45, 7) is -0.0138. The molecule has 0 spiro atoms. The number of ether oxygens (including phenoxy) is 1. The first kappa shape index (κ1) is 14.4. The lowest BCUT2D eigenvalue weighted by Gasteiger charge is -2.06. The Hall–Kier alpha value is -3.03. The van der Waals surface area contributed by atoms with E-state index in [1.165, 1.54) is 18.3 Å². The lowest BCUT2D eigenvalue weighted by atomic mass is 10.2. The molecule has 0 aliphatic rings. The molecule has 0 bridgehead atoms. The predicted octanol–water partition coefficient (Wildman–Crippen LogP) is 2.41. The number of nitro groups is 1. The molecule has 108 valence electrons. The highest BCUT2D eigenvalue weighted by Gasteiger charge is 2.14. The first-order chi connectivity index (χ1) is 9.97. The molecular formula is C13H9FN2O5. The highest BCUT2D eigenvalue weighted by molar-refractivity contribution is 5.85. The molecule has 1 aromatic carbocycles. The topological polar surface area (TPSA) is 103 Å². The van der Waals surface area contributed by atoms with Crippen LogP contribution in [0.5, 0.6) is 5.75 Å². The first-order valence-electron chi connectivity index (χ1n) is 5.72. The quantitative estimate of drug-likeness (QED) is 0.670. The van der Waals surface area contributed by atoms with Gasteiger partial charge in [-0.15, -0.1) is 0 Å². The van der Waals surface area contributed by atoms with Gasteiger partial charge in [-0.1, -0.05) is 0 Å². The minimum Gasteiger partial charge on any atom is -0.489 e. The van der Waals surface area contributed by atoms with E-state index in [-0.39, 0.29) is 18.1 Å². The molecule has 1 heterocycles. The highest BCUT2D eigenvalue weighted by atomic mass is 19.1. The Morgan fingerprint density at radius 1 is 1.38 bits per heavy atom. The van der Waals surface area contributed by atoms with Crippen molar-refractivity contribution >= 4 is 11.7 Å². The van der Waals surface area contributed by atoms with Gasteiger partial charge in [0.2, 0.25) is 5.82 Å². The molecule has 0 saturated carbocycles. The average Bonchev–Trinajstić information content (AvgIpc) is 2.45. The van der Waals surface area contributed by atoms with Crippen molar-refractivity contribution in [2.45, 2.75) is 6.61 Å². The molecule has 0 amide bonds. The largest absolute Gasteiger partial charge is 0.489 e. The molecule has 8 heteroatoms. The number of nitro benzene ring substituents is 1. The second-order valence-corrected chi connectivity index (χ2v) is 4.01. The molecular weight excluding hydrogens is 283 g/mol. The molecule has 21 heavy (non-hydrogen) atoms. The summed E-state index contributed by atoms with van der Waals surface area (Å²) in [5.74, 6) is -2.07. The number of pyridine rings is 1. The zero-order valence-electron chi connectivity index (χ0n) is 10.5. The van der Waals surface area contributed by atoms with Gasteiger partial charge in [0.25, 0.3) is 0 Å². The van der Waals surface area contributed by atoms with Crippen LogP contribution in [0.2, 0.25) is 0 Å². The summed E-state index contributed by atoms with van der Waals surface area (Å²) in [4.78, 5) is 24.0. The minimum absolute atomic E-state index is 0.0138. The Morgan fingerprint density at radius 3 is 2.76 bits per heavy atom. The summed E-state index contributed by atoms with van der Waals surface area (Å²) in [6, 6.07) is 6.04. The maximum Gasteiger partial charge on any atom is 0.354 e. The monoisotopic (exact) mass is 292 g/mol. The molecule has 0 fully saturated rings. The molecule has 0 radical (unpaired) electrons. The first-order valence-corrected chi connectivity index (χ1v) is 5.72. The van der Waals surface area contributed by atoms with E-state index in [0.29, 0.717) is 5.56 Å². The van der Waals surface area contributed by atoms with Gasteiger partial charge >= 0.3 is 11.7 Å². The molecule has 0 aliphatic carbocycles. The number of carboxylic acids is 1. The lowest BCUT2D eigenvalue weighted by molar-refractivity contribution is -0.387. The third kappa shape index (κ3) is 3.50. The number of halogens is 1. The number of hydrogen-bond donors (Lipinski definition) is 1. The van der Waals surface area contributed by atoms with E-state index in [2.05, 4.69) is 4.98 Å². The van der Waals surface area contributed by atoms with Gasteiger partial charge in [0.1, 0.15) is 18.1 Å². The Bertz CT molecular complexity index is 705. The highest BCUT2D eigenvalue weighted by Crippen LogP contribution is 2.23. The molecule has 0 atom stereocenters. The Balaban J connectivity index is 2.10. The lowest BCUT2D eigenvalue weighted by Crippen LogP contribution is -2.03. The number of aromatic carboxylic acids is 1. The molecule has 7 nitrogen and oxygen atoms in total. The van der Waals surface area contributed by atoms with Gasteiger partial charge in [-0.2, -0.15) is 4.39 Å². The number of hydrogen-bond acceptors (Lipinski definition) is 5. The van der Waals surface area contributed by atoms with Crippen molar-refractivity contribution < 1.29 is 24.0 Å². The van der Waals surface area contributed by atoms with Crippen molar-refractivity contribution in [2.24, 2.45) is 0 Å². The fourth-order valence-corrected chi connectivity index (χ4v) is 1.57. The number of nitrogens with zero attached hydrogens (tertiary/aromatic N) is 2. The molecule has 1 N–H and O–H groups in total. The Labute approximate surface area is 117 Å². The average molecular weight is 292 g/mol. The van der Waals surface area contributed by atoms with Crippen molar-refractivity contribution in [3.63, 3.8) is 0 Å². The van der Waals surface area contributed by atoms with Crippen LogP contribution in [0.1, 0.15) is 16.1 Å². The van der Waals surface area contributed by atoms with Crippen LogP contribution in [0.3, 0.4) is 0 Å². The SMILES string of the molecule is O=C(O)c1cc(COc2ccc([N+](=O)[O-])c(F)c2)ccn1. The van der Waals surface area contributed by atoms with E-state index in [1.807, 2.05) is 0 Å². The van der Waals surface area contributed by atoms with Crippen LogP contribution in [-0.4, -0.2) is 21.0 Å². The van der Waals surface area contributed by atoms with E-state index in [0.717, 1.165) is 12.1 Å². The van der Waals surface area contributed by atoms with Gasteiger partial charge in [0.15, 0.2) is 0 Å². The molecule has 2 aromatic rings. The number of aromatic nitrogens is 1. The fourth-order valence-electron chi connectivity index (χ4n) is 1.57. The number of carboxylic acid groups (broad SMARTS) is 1. The van der Waals surface area contributed by atoms with Crippen LogP contribution in [0.4, 0.5) is 10.1 Å². The van der Waals surface area contributed by atoms with Gasteiger partial charge in [0.05, 0.1) is 4.92 Å². The summed E-state index contributed by atoms with van der Waals surface area (Å²) in [5.41, 5.74) is -0.244. The van der Waals surface area contributed by atoms with Crippen molar-refractivity contribution in [1.29, 1.82) is 0 Å². The smallest absolute Gasteiger partial charge is 0.354 e. The second kappa shape index (κ2) is 5.95. The predicted molar refractivity (Wildman–Crippen MR) is 68.6 cm³/mol. The van der Waals surface area contributed by atoms with Gasteiger partial charge in [-0.25, -0.2) is 9.78 Å². The maximum absolute atomic E-state index is 13.4. The van der Waals surface area contributed by atoms with Gasteiger partial charge < -0.3 is 9.84 Å². The van der Waals surface area contributed by atoms with Crippen molar-refractivity contribution in [2.75, 3.05) is 0 Å². The summed E-state index contributed by atoms with van der Waals surface area (Å²) < 4.78 is 18.6. The third-order valence-corrected chi connectivity index (χ3v) is 2.56. The maximum atomic E-state index is 13.4. The summed E-state index contributed by atoms with van der Waals surface area (Å²) >= 11 is 0. The molecule has 2 rings (SSSR count). The molecule has 0 saturated heterocycles. The Kier molecular flexibility index (Phi) is 4.07. The van der Waals surface area contributed by atoms with E-state index < -0.39 is 22.4 Å². The zero-order chi connectivity index (χ0) is 15.4. The summed E-state index contributed by atoms with van der Waals surface area (Å²) in [7, 11) is 0. The van der Waals surface area contributed by atoms with Crippen LogP contribution in [0, 0.1) is 15.9 Å². The minimum atomic E-state index is -1.17. The van der Waals surface area contributed by atoms with Crippen molar-refractivity contribution in [1.82, 2.24) is 4.98 Å². The number of benzene rings is 1. The summed E-state index contributed by atoms with van der Waals surface area (Å²) in [5, 5.41) is 19.3. The van der Waals surface area contributed by atoms with Gasteiger partial charge in [0, 0.05) is 18.3 Å². The van der Waals surface area contributed by atoms with Crippen LogP contribution >= 0.6 is 0 Å². The van der Waals surface area contributed by atoms with Crippen LogP contribution in [0.25, 0.3) is 0 Å². The van der Waals surface area contributed by atoms with Crippen LogP contribution < -0.4 is 4.74 Å². The van der Waals surface area contributed by atoms with Crippen molar-refractivity contribution in [3.8, 4) is 5.75 Å². The fraction of sp³-hybridized carbons (Fsp3) is 0.0769. The molecule has 0 aliphatic heterocycles. The Morgan fingerprint density at radius 2 is 2.14 bits per heavy atom. The number of rotatable bonds is 5. The summed E-state index contributed by atoms with van der Waals surface area (Å²) in [6.07, 6.45) is 1.32. The molecule has 1 aromatic heterocycles. The van der Waals surface area contributed by atoms with E-state index >= 15 is 0 Å². The van der Waals surface area contributed by atoms with E-state index in [9.17, 15) is 19.3 Å². The van der Waals surface area contributed by atoms with E-state index in [1.54, 1.807) is 6.07 Å². The standard InChI is InChI=1S/C13H9FN2O5/c14-10-6-9(1-2-12(10)16(19)20)21-7-8-3-4-15-11(5-8)13(17)18/h1-6H,7H2,(H,17,18). The second-order valence-electron chi connectivity index (χ2n) is 4.01.